The van der Waals surface area contributed by atoms with Crippen molar-refractivity contribution in [1.29, 1.82) is 0 Å². The Balaban J connectivity index is 1.19. The molecule has 3 heteroatoms. The molecule has 0 unspecified atom stereocenters. The van der Waals surface area contributed by atoms with Gasteiger partial charge in [-0.1, -0.05) is 269 Å². The molecule has 0 saturated heterocycles. The molecule has 10 aromatic rings. The molecule has 0 spiro atoms. The zero-order valence-electron chi connectivity index (χ0n) is 47.1. The normalized spacial score (nSPS) is 13.4. The van der Waals surface area contributed by atoms with Gasteiger partial charge in [0.2, 0.25) is 0 Å². The highest BCUT2D eigenvalue weighted by Gasteiger charge is 2.46. The summed E-state index contributed by atoms with van der Waals surface area (Å²) in [6, 6.07) is 93.9. The van der Waals surface area contributed by atoms with Gasteiger partial charge in [-0.3, -0.25) is 0 Å². The van der Waals surface area contributed by atoms with E-state index in [0.29, 0.717) is 0 Å². The molecule has 0 radical (unpaired) electrons. The number of benzene rings is 10. The molecule has 0 N–H and O–H groups in total. The summed E-state index contributed by atoms with van der Waals surface area (Å²) in [5.74, 6) is 0. The predicted octanol–water partition coefficient (Wildman–Crippen LogP) is 17.4. The third kappa shape index (κ3) is 8.42. The molecule has 78 heavy (non-hydrogen) atoms. The Labute approximate surface area is 465 Å². The Morgan fingerprint density at radius 3 is 0.808 bits per heavy atom. The molecule has 2 heterocycles. The predicted molar refractivity (Wildman–Crippen MR) is 333 cm³/mol. The van der Waals surface area contributed by atoms with E-state index in [1.165, 1.54) is 94.8 Å². The van der Waals surface area contributed by atoms with Gasteiger partial charge in [-0.15, -0.1) is 0 Å². The number of hydrogen-bond acceptors (Lipinski definition) is 2. The second-order valence-corrected chi connectivity index (χ2v) is 24.6. The second-order valence-electron chi connectivity index (χ2n) is 24.6. The molecule has 2 aliphatic heterocycles. The monoisotopic (exact) mass is 1010 g/mol. The lowest BCUT2D eigenvalue weighted by atomic mass is 9.33. The molecular formula is C75H71BN2. The Morgan fingerprint density at radius 1 is 0.231 bits per heavy atom. The van der Waals surface area contributed by atoms with E-state index in [2.05, 4.69) is 328 Å². The van der Waals surface area contributed by atoms with E-state index < -0.39 is 0 Å². The first kappa shape index (κ1) is 50.7. The standard InChI is InChI=1S/C75H71BN2/c1-71(2,52-28-16-11-17-29-52)57-38-26-40-62(46-57)77-66-44-42-59(73(5,6)54-32-20-13-21-33-54)48-64(66)76-65-49-60(74(7,8)55-34-22-14-23-35-55)43-45-67(65)78(63-41-27-39-58(47-63)72(3,4)53-30-18-12-19-31-53)69-51-61(50-68(77)70(69)76)75(9,10)56-36-24-15-25-37-56/h11-51H,1-10H3. The first-order valence-corrected chi connectivity index (χ1v) is 28.0. The fraction of sp³-hybridized carbons (Fsp3) is 0.200. The molecule has 384 valence electrons. The van der Waals surface area contributed by atoms with Gasteiger partial charge in [0.25, 0.3) is 6.71 Å². The van der Waals surface area contributed by atoms with Crippen molar-refractivity contribution in [3.8, 4) is 0 Å². The molecule has 0 fully saturated rings. The van der Waals surface area contributed by atoms with Crippen molar-refractivity contribution in [3.63, 3.8) is 0 Å². The maximum Gasteiger partial charge on any atom is 0.252 e. The molecule has 2 nitrogen and oxygen atoms in total. The Bertz CT molecular complexity index is 3600. The number of hydrogen-bond donors (Lipinski definition) is 0. The summed E-state index contributed by atoms with van der Waals surface area (Å²) in [5.41, 5.74) is 22.4. The topological polar surface area (TPSA) is 6.48 Å². The highest BCUT2D eigenvalue weighted by molar-refractivity contribution is 7.00. The van der Waals surface area contributed by atoms with E-state index in [9.17, 15) is 0 Å². The van der Waals surface area contributed by atoms with Crippen LogP contribution in [0.3, 0.4) is 0 Å². The van der Waals surface area contributed by atoms with Crippen molar-refractivity contribution in [2.45, 2.75) is 96.3 Å². The van der Waals surface area contributed by atoms with Crippen molar-refractivity contribution < 1.29 is 0 Å². The Kier molecular flexibility index (Phi) is 12.4. The molecular weight excluding hydrogens is 940 g/mol. The quantitative estimate of drug-likeness (QED) is 0.113. The van der Waals surface area contributed by atoms with Crippen LogP contribution in [0.25, 0.3) is 0 Å². The number of rotatable bonds is 12. The first-order valence-electron chi connectivity index (χ1n) is 28.0. The molecule has 0 bridgehead atoms. The second kappa shape index (κ2) is 19.1. The fourth-order valence-corrected chi connectivity index (χ4v) is 12.9. The molecule has 0 aromatic heterocycles. The molecule has 0 aliphatic carbocycles. The van der Waals surface area contributed by atoms with Crippen molar-refractivity contribution in [2.24, 2.45) is 0 Å². The van der Waals surface area contributed by atoms with Crippen LogP contribution in [-0.4, -0.2) is 6.71 Å². The number of fused-ring (bicyclic) bond motifs is 4. The zero-order chi connectivity index (χ0) is 54.2. The lowest BCUT2D eigenvalue weighted by Gasteiger charge is -2.46. The van der Waals surface area contributed by atoms with Gasteiger partial charge >= 0.3 is 0 Å². The van der Waals surface area contributed by atoms with E-state index in [1.807, 2.05) is 0 Å². The fourth-order valence-electron chi connectivity index (χ4n) is 12.9. The maximum absolute atomic E-state index is 2.62. The van der Waals surface area contributed by atoms with Crippen LogP contribution in [-0.2, 0) is 27.1 Å². The minimum absolute atomic E-state index is 0.104. The molecule has 0 atom stereocenters. The summed E-state index contributed by atoms with van der Waals surface area (Å²) < 4.78 is 0. The van der Waals surface area contributed by atoms with Crippen LogP contribution in [0.5, 0.6) is 0 Å². The number of nitrogens with zero attached hydrogens (tertiary/aromatic N) is 2. The first-order chi connectivity index (χ1) is 37.5. The van der Waals surface area contributed by atoms with Crippen molar-refractivity contribution in [2.75, 3.05) is 9.80 Å². The van der Waals surface area contributed by atoms with Crippen LogP contribution in [0, 0.1) is 0 Å². The van der Waals surface area contributed by atoms with Gasteiger partial charge < -0.3 is 9.80 Å². The minimum atomic E-state index is -0.360. The lowest BCUT2D eigenvalue weighted by molar-refractivity contribution is 0.639. The Morgan fingerprint density at radius 2 is 0.500 bits per heavy atom. The van der Waals surface area contributed by atoms with E-state index >= 15 is 0 Å². The average molecular weight is 1010 g/mol. The Hall–Kier alpha value is -8.14. The van der Waals surface area contributed by atoms with Crippen LogP contribution < -0.4 is 26.2 Å². The molecule has 10 aromatic carbocycles. The SMILES string of the molecule is CC(C)(c1ccccc1)c1cccc(N2c3ccc(C(C)(C)c4ccccc4)cc3B3c4cc(C(C)(C)c5ccccc5)ccc4N(c4cccc(C(C)(C)c5ccccc5)c4)c4cc(C(C)(C)c5ccccc5)cc2c43)c1. The van der Waals surface area contributed by atoms with Crippen molar-refractivity contribution in [3.05, 3.63) is 304 Å². The van der Waals surface area contributed by atoms with Gasteiger partial charge in [0.05, 0.1) is 0 Å². The van der Waals surface area contributed by atoms with Crippen LogP contribution in [0.1, 0.15) is 125 Å². The summed E-state index contributed by atoms with van der Waals surface area (Å²) in [5, 5.41) is 0. The summed E-state index contributed by atoms with van der Waals surface area (Å²) in [6.07, 6.45) is 0. The van der Waals surface area contributed by atoms with Crippen LogP contribution in [0.15, 0.2) is 249 Å². The molecule has 0 saturated carbocycles. The minimum Gasteiger partial charge on any atom is -0.311 e. The van der Waals surface area contributed by atoms with Gasteiger partial charge in [0.15, 0.2) is 0 Å². The summed E-state index contributed by atoms with van der Waals surface area (Å²) in [6.45, 7) is 23.7. The van der Waals surface area contributed by atoms with E-state index in [1.54, 1.807) is 0 Å². The largest absolute Gasteiger partial charge is 0.311 e. The number of anilines is 6. The third-order valence-electron chi connectivity index (χ3n) is 18.4. The lowest BCUT2D eigenvalue weighted by Crippen LogP contribution is -2.62. The third-order valence-corrected chi connectivity index (χ3v) is 18.4. The van der Waals surface area contributed by atoms with E-state index in [4.69, 9.17) is 0 Å². The summed E-state index contributed by atoms with van der Waals surface area (Å²) in [4.78, 5) is 5.24. The maximum atomic E-state index is 2.62. The van der Waals surface area contributed by atoms with Gasteiger partial charge in [-0.25, -0.2) is 0 Å². The van der Waals surface area contributed by atoms with Crippen LogP contribution in [0.2, 0.25) is 0 Å². The zero-order valence-corrected chi connectivity index (χ0v) is 47.1. The molecule has 2 aliphatic rings. The summed E-state index contributed by atoms with van der Waals surface area (Å²) >= 11 is 0. The smallest absolute Gasteiger partial charge is 0.252 e. The highest BCUT2D eigenvalue weighted by Crippen LogP contribution is 2.50. The van der Waals surface area contributed by atoms with Crippen molar-refractivity contribution >= 4 is 57.2 Å². The molecule has 0 amide bonds. The van der Waals surface area contributed by atoms with E-state index in [0.717, 1.165) is 11.4 Å². The van der Waals surface area contributed by atoms with Gasteiger partial charge in [-0.05, 0) is 121 Å². The molecule has 12 rings (SSSR count). The van der Waals surface area contributed by atoms with Gasteiger partial charge in [0.1, 0.15) is 0 Å². The highest BCUT2D eigenvalue weighted by atomic mass is 15.2. The average Bonchev–Trinajstić information content (AvgIpc) is 3.60. The van der Waals surface area contributed by atoms with Crippen LogP contribution in [0.4, 0.5) is 34.1 Å². The summed E-state index contributed by atoms with van der Waals surface area (Å²) in [7, 11) is 0. The van der Waals surface area contributed by atoms with Gasteiger partial charge in [-0.2, -0.15) is 0 Å². The van der Waals surface area contributed by atoms with Crippen molar-refractivity contribution in [1.82, 2.24) is 0 Å². The van der Waals surface area contributed by atoms with Gasteiger partial charge in [0, 0.05) is 61.2 Å². The van der Waals surface area contributed by atoms with E-state index in [-0.39, 0.29) is 33.8 Å². The van der Waals surface area contributed by atoms with Crippen LogP contribution >= 0.6 is 0 Å².